The molecule has 1 aliphatic rings. The van der Waals surface area contributed by atoms with Gasteiger partial charge in [-0.05, 0) is 12.8 Å². The maximum atomic E-state index is 11.5. The minimum absolute atomic E-state index is 0.175. The van der Waals surface area contributed by atoms with Gasteiger partial charge >= 0.3 is 0 Å². The first-order valence-corrected chi connectivity index (χ1v) is 4.60. The summed E-state index contributed by atoms with van der Waals surface area (Å²) in [5.74, 6) is -0.175. The fourth-order valence-electron chi connectivity index (χ4n) is 1.41. The first kappa shape index (κ1) is 9.14. The van der Waals surface area contributed by atoms with Gasteiger partial charge in [-0.2, -0.15) is 15.4 Å². The van der Waals surface area contributed by atoms with Gasteiger partial charge in [0.25, 0.3) is 5.91 Å². The summed E-state index contributed by atoms with van der Waals surface area (Å²) in [6.07, 6.45) is 3.14. The maximum Gasteiger partial charge on any atom is 0.273 e. The molecular formula is C8H12N4O2. The molecule has 0 radical (unpaired) electrons. The Balaban J connectivity index is 1.87. The van der Waals surface area contributed by atoms with Gasteiger partial charge in [0.2, 0.25) is 0 Å². The van der Waals surface area contributed by atoms with Crippen LogP contribution in [0.1, 0.15) is 23.3 Å². The smallest absolute Gasteiger partial charge is 0.273 e. The Kier molecular flexibility index (Phi) is 2.73. The first-order chi connectivity index (χ1) is 6.86. The molecule has 1 aromatic heterocycles. The maximum absolute atomic E-state index is 11.5. The van der Waals surface area contributed by atoms with Gasteiger partial charge in [-0.3, -0.25) is 4.79 Å². The summed E-state index contributed by atoms with van der Waals surface area (Å²) in [6, 6.07) is 0.202. The predicted molar refractivity (Wildman–Crippen MR) is 47.7 cm³/mol. The summed E-state index contributed by atoms with van der Waals surface area (Å²) in [7, 11) is 0. The number of hydrogen-bond donors (Lipinski definition) is 2. The third-order valence-electron chi connectivity index (χ3n) is 2.20. The van der Waals surface area contributed by atoms with E-state index in [1.807, 2.05) is 0 Å². The molecule has 0 unspecified atom stereocenters. The third-order valence-corrected chi connectivity index (χ3v) is 2.20. The first-order valence-electron chi connectivity index (χ1n) is 4.60. The molecule has 0 bridgehead atoms. The van der Waals surface area contributed by atoms with Crippen molar-refractivity contribution in [3.63, 3.8) is 0 Å². The Bertz CT molecular complexity index is 292. The lowest BCUT2D eigenvalue weighted by atomic mass is 10.1. The van der Waals surface area contributed by atoms with Crippen LogP contribution < -0.4 is 5.32 Å². The number of nitrogens with one attached hydrogen (secondary N) is 2. The second-order valence-electron chi connectivity index (χ2n) is 3.22. The molecule has 1 saturated heterocycles. The Morgan fingerprint density at radius 1 is 1.57 bits per heavy atom. The average Bonchev–Trinajstić information content (AvgIpc) is 2.72. The van der Waals surface area contributed by atoms with E-state index in [-0.39, 0.29) is 11.9 Å². The lowest BCUT2D eigenvalue weighted by Gasteiger charge is -2.22. The van der Waals surface area contributed by atoms with E-state index in [0.29, 0.717) is 18.9 Å². The molecule has 6 nitrogen and oxygen atoms in total. The van der Waals surface area contributed by atoms with Crippen LogP contribution in [0, 0.1) is 0 Å². The third kappa shape index (κ3) is 2.08. The van der Waals surface area contributed by atoms with Gasteiger partial charge in [0.05, 0.1) is 6.20 Å². The van der Waals surface area contributed by atoms with Crippen LogP contribution in [0.25, 0.3) is 0 Å². The number of carbonyl (C=O) groups excluding carboxylic acids is 1. The minimum atomic E-state index is -0.175. The van der Waals surface area contributed by atoms with Crippen molar-refractivity contribution in [2.24, 2.45) is 0 Å². The SMILES string of the molecule is O=C(NC1CCOCC1)c1cn[nH]n1. The summed E-state index contributed by atoms with van der Waals surface area (Å²) in [5, 5.41) is 12.6. The summed E-state index contributed by atoms with van der Waals surface area (Å²) >= 11 is 0. The number of aromatic amines is 1. The largest absolute Gasteiger partial charge is 0.381 e. The van der Waals surface area contributed by atoms with Gasteiger partial charge in [0, 0.05) is 19.3 Å². The van der Waals surface area contributed by atoms with Gasteiger partial charge in [0.1, 0.15) is 0 Å². The number of carbonyl (C=O) groups is 1. The highest BCUT2D eigenvalue weighted by Crippen LogP contribution is 2.06. The van der Waals surface area contributed by atoms with E-state index in [4.69, 9.17) is 4.74 Å². The van der Waals surface area contributed by atoms with Crippen LogP contribution in [0.4, 0.5) is 0 Å². The fourth-order valence-corrected chi connectivity index (χ4v) is 1.41. The van der Waals surface area contributed by atoms with E-state index in [1.54, 1.807) is 0 Å². The summed E-state index contributed by atoms with van der Waals surface area (Å²) in [4.78, 5) is 11.5. The standard InChI is InChI=1S/C8H12N4O2/c13-8(7-5-9-12-11-7)10-6-1-3-14-4-2-6/h5-6H,1-4H2,(H,10,13)(H,9,11,12). The van der Waals surface area contributed by atoms with Crippen molar-refractivity contribution in [3.8, 4) is 0 Å². The van der Waals surface area contributed by atoms with Crippen LogP contribution in [0.2, 0.25) is 0 Å². The molecule has 2 N–H and O–H groups in total. The van der Waals surface area contributed by atoms with Crippen molar-refractivity contribution in [1.29, 1.82) is 0 Å². The summed E-state index contributed by atoms with van der Waals surface area (Å²) < 4.78 is 5.19. The zero-order valence-corrected chi connectivity index (χ0v) is 7.69. The van der Waals surface area contributed by atoms with Crippen LogP contribution in [-0.4, -0.2) is 40.6 Å². The van der Waals surface area contributed by atoms with E-state index in [1.165, 1.54) is 6.20 Å². The molecule has 14 heavy (non-hydrogen) atoms. The molecule has 0 aromatic carbocycles. The van der Waals surface area contributed by atoms with Crippen molar-refractivity contribution < 1.29 is 9.53 Å². The number of hydrogen-bond acceptors (Lipinski definition) is 4. The minimum Gasteiger partial charge on any atom is -0.381 e. The van der Waals surface area contributed by atoms with Crippen molar-refractivity contribution in [3.05, 3.63) is 11.9 Å². The molecule has 1 aromatic rings. The number of amides is 1. The van der Waals surface area contributed by atoms with Gasteiger partial charge < -0.3 is 10.1 Å². The Morgan fingerprint density at radius 2 is 2.36 bits per heavy atom. The van der Waals surface area contributed by atoms with Crippen LogP contribution in [0.15, 0.2) is 6.20 Å². The molecule has 0 atom stereocenters. The summed E-state index contributed by atoms with van der Waals surface area (Å²) in [5.41, 5.74) is 0.330. The summed E-state index contributed by atoms with van der Waals surface area (Å²) in [6.45, 7) is 1.42. The highest BCUT2D eigenvalue weighted by molar-refractivity contribution is 5.91. The van der Waals surface area contributed by atoms with E-state index in [2.05, 4.69) is 20.7 Å². The van der Waals surface area contributed by atoms with Gasteiger partial charge in [-0.15, -0.1) is 0 Å². The van der Waals surface area contributed by atoms with Crippen LogP contribution in [0.3, 0.4) is 0 Å². The lowest BCUT2D eigenvalue weighted by molar-refractivity contribution is 0.0694. The van der Waals surface area contributed by atoms with Crippen LogP contribution in [-0.2, 0) is 4.74 Å². The van der Waals surface area contributed by atoms with Crippen molar-refractivity contribution in [2.75, 3.05) is 13.2 Å². The molecule has 2 heterocycles. The van der Waals surface area contributed by atoms with E-state index in [9.17, 15) is 4.79 Å². The quantitative estimate of drug-likeness (QED) is 0.681. The average molecular weight is 196 g/mol. The predicted octanol–water partition coefficient (Wildman–Crippen LogP) is -0.287. The molecule has 2 rings (SSSR count). The number of nitrogens with zero attached hydrogens (tertiary/aromatic N) is 2. The number of H-pyrrole nitrogens is 1. The second-order valence-corrected chi connectivity index (χ2v) is 3.22. The molecule has 0 saturated carbocycles. The molecule has 1 aliphatic heterocycles. The zero-order valence-electron chi connectivity index (χ0n) is 7.69. The highest BCUT2D eigenvalue weighted by atomic mass is 16.5. The fraction of sp³-hybridized carbons (Fsp3) is 0.625. The number of ether oxygens (including phenoxy) is 1. The molecule has 0 aliphatic carbocycles. The highest BCUT2D eigenvalue weighted by Gasteiger charge is 2.17. The van der Waals surface area contributed by atoms with Crippen molar-refractivity contribution >= 4 is 5.91 Å². The van der Waals surface area contributed by atoms with Gasteiger partial charge in [-0.25, -0.2) is 0 Å². The van der Waals surface area contributed by atoms with Gasteiger partial charge in [0.15, 0.2) is 5.69 Å². The van der Waals surface area contributed by atoms with Crippen molar-refractivity contribution in [1.82, 2.24) is 20.7 Å². The van der Waals surface area contributed by atoms with E-state index >= 15 is 0 Å². The molecule has 6 heteroatoms. The molecule has 0 spiro atoms. The Hall–Kier alpha value is -1.43. The number of rotatable bonds is 2. The molecular weight excluding hydrogens is 184 g/mol. The second kappa shape index (κ2) is 4.19. The van der Waals surface area contributed by atoms with Crippen molar-refractivity contribution in [2.45, 2.75) is 18.9 Å². The number of aromatic nitrogens is 3. The monoisotopic (exact) mass is 196 g/mol. The molecule has 1 fully saturated rings. The molecule has 76 valence electrons. The van der Waals surface area contributed by atoms with Crippen LogP contribution >= 0.6 is 0 Å². The molecule has 1 amide bonds. The van der Waals surface area contributed by atoms with E-state index < -0.39 is 0 Å². The Labute approximate surface area is 81.0 Å². The van der Waals surface area contributed by atoms with Gasteiger partial charge in [-0.1, -0.05) is 0 Å². The van der Waals surface area contributed by atoms with E-state index in [0.717, 1.165) is 12.8 Å². The zero-order chi connectivity index (χ0) is 9.80. The normalized spacial score (nSPS) is 18.0. The van der Waals surface area contributed by atoms with Crippen LogP contribution in [0.5, 0.6) is 0 Å². The lowest BCUT2D eigenvalue weighted by Crippen LogP contribution is -2.39. The topological polar surface area (TPSA) is 79.9 Å². The Morgan fingerprint density at radius 3 is 3.00 bits per heavy atom.